The molecule has 0 heterocycles. The molecule has 11 heavy (non-hydrogen) atoms. The normalized spacial score (nSPS) is 29.5. The van der Waals surface area contributed by atoms with E-state index >= 15 is 0 Å². The molecule has 0 aromatic heterocycles. The number of allylic oxidation sites excluding steroid dienone is 2. The lowest BCUT2D eigenvalue weighted by Crippen LogP contribution is -1.89. The van der Waals surface area contributed by atoms with Crippen molar-refractivity contribution in [3.05, 3.63) is 11.6 Å². The van der Waals surface area contributed by atoms with Crippen molar-refractivity contribution < 1.29 is 0 Å². The molecule has 1 aliphatic carbocycles. The van der Waals surface area contributed by atoms with Gasteiger partial charge in [0.05, 0.1) is 6.07 Å². The largest absolute Gasteiger partial charge is 0.193 e. The fourth-order valence-corrected chi connectivity index (χ4v) is 1.61. The fourth-order valence-electron chi connectivity index (χ4n) is 1.61. The van der Waals surface area contributed by atoms with Gasteiger partial charge in [-0.3, -0.25) is 0 Å². The molecule has 0 aromatic rings. The van der Waals surface area contributed by atoms with Crippen molar-refractivity contribution in [1.82, 2.24) is 0 Å². The summed E-state index contributed by atoms with van der Waals surface area (Å²) in [5, 5.41) is 8.45. The summed E-state index contributed by atoms with van der Waals surface area (Å²) in [5.41, 5.74) is 1.36. The van der Waals surface area contributed by atoms with E-state index in [-0.39, 0.29) is 0 Å². The lowest BCUT2D eigenvalue weighted by Gasteiger charge is -2.03. The number of hydrogen-bond donors (Lipinski definition) is 0. The molecule has 1 atom stereocenters. The Bertz CT molecular complexity index is 186. The van der Waals surface area contributed by atoms with Crippen LogP contribution in [0.4, 0.5) is 0 Å². The zero-order valence-corrected chi connectivity index (χ0v) is 7.14. The number of hydrogen-bond acceptors (Lipinski definition) is 1. The first-order valence-corrected chi connectivity index (χ1v) is 4.40. The molecular formula is C10H15N. The van der Waals surface area contributed by atoms with Gasteiger partial charge in [0.25, 0.3) is 0 Å². The summed E-state index contributed by atoms with van der Waals surface area (Å²) in [5.74, 6) is 0.861. The van der Waals surface area contributed by atoms with Crippen molar-refractivity contribution in [2.24, 2.45) is 5.92 Å². The van der Waals surface area contributed by atoms with Crippen molar-refractivity contribution >= 4 is 0 Å². The van der Waals surface area contributed by atoms with Crippen molar-refractivity contribution in [2.75, 3.05) is 0 Å². The average Bonchev–Trinajstić information content (AvgIpc) is 2.17. The van der Waals surface area contributed by atoms with Gasteiger partial charge in [-0.15, -0.1) is 0 Å². The molecule has 0 N–H and O–H groups in total. The van der Waals surface area contributed by atoms with Crippen LogP contribution in [0.1, 0.15) is 39.0 Å². The highest BCUT2D eigenvalue weighted by atomic mass is 14.2. The first-order valence-electron chi connectivity index (χ1n) is 4.40. The Morgan fingerprint density at radius 1 is 1.45 bits per heavy atom. The third kappa shape index (κ3) is 2.76. The highest BCUT2D eigenvalue weighted by molar-refractivity contribution is 5.13. The van der Waals surface area contributed by atoms with Gasteiger partial charge >= 0.3 is 0 Å². The molecular weight excluding hydrogens is 134 g/mol. The molecule has 1 rings (SSSR count). The minimum Gasteiger partial charge on any atom is -0.193 e. The molecule has 0 bridgehead atoms. The summed E-state index contributed by atoms with van der Waals surface area (Å²) in [6.07, 6.45) is 7.91. The Morgan fingerprint density at radius 3 is 3.00 bits per heavy atom. The van der Waals surface area contributed by atoms with E-state index in [0.29, 0.717) is 0 Å². The third-order valence-electron chi connectivity index (χ3n) is 2.42. The molecule has 1 saturated carbocycles. The maximum atomic E-state index is 8.45. The zero-order chi connectivity index (χ0) is 8.10. The number of nitriles is 1. The van der Waals surface area contributed by atoms with E-state index in [0.717, 1.165) is 18.8 Å². The van der Waals surface area contributed by atoms with Crippen LogP contribution in [0.3, 0.4) is 0 Å². The van der Waals surface area contributed by atoms with Crippen LogP contribution in [0.15, 0.2) is 11.6 Å². The highest BCUT2D eigenvalue weighted by Gasteiger charge is 2.09. The van der Waals surface area contributed by atoms with Crippen LogP contribution in [-0.4, -0.2) is 0 Å². The molecule has 0 aromatic carbocycles. The van der Waals surface area contributed by atoms with Crippen LogP contribution in [-0.2, 0) is 0 Å². The number of nitrogens with zero attached hydrogens (tertiary/aromatic N) is 1. The second-order valence-corrected chi connectivity index (χ2v) is 3.47. The first kappa shape index (κ1) is 8.33. The quantitative estimate of drug-likeness (QED) is 0.383. The van der Waals surface area contributed by atoms with Gasteiger partial charge in [0.1, 0.15) is 0 Å². The van der Waals surface area contributed by atoms with Crippen LogP contribution in [0.5, 0.6) is 0 Å². The smallest absolute Gasteiger partial charge is 0.0911 e. The maximum absolute atomic E-state index is 8.45. The molecule has 1 heteroatoms. The standard InChI is InChI=1S/C10H15N/c1-9-3-2-4-10(6-5-9)7-8-11/h7,9H,2-6H2,1H3/b10-7+. The zero-order valence-electron chi connectivity index (χ0n) is 7.14. The van der Waals surface area contributed by atoms with Gasteiger partial charge < -0.3 is 0 Å². The van der Waals surface area contributed by atoms with Gasteiger partial charge in [0, 0.05) is 6.08 Å². The second kappa shape index (κ2) is 4.18. The lowest BCUT2D eigenvalue weighted by molar-refractivity contribution is 0.507. The van der Waals surface area contributed by atoms with Crippen molar-refractivity contribution in [3.8, 4) is 6.07 Å². The van der Waals surface area contributed by atoms with E-state index in [2.05, 4.69) is 13.0 Å². The van der Waals surface area contributed by atoms with Crippen molar-refractivity contribution in [3.63, 3.8) is 0 Å². The fraction of sp³-hybridized carbons (Fsp3) is 0.700. The van der Waals surface area contributed by atoms with Crippen LogP contribution < -0.4 is 0 Å². The molecule has 1 fully saturated rings. The molecule has 0 saturated heterocycles. The van der Waals surface area contributed by atoms with E-state index in [1.807, 2.05) is 0 Å². The predicted molar refractivity (Wildman–Crippen MR) is 45.9 cm³/mol. The minimum absolute atomic E-state index is 0.861. The average molecular weight is 149 g/mol. The predicted octanol–water partition coefficient (Wildman–Crippen LogP) is 3.04. The third-order valence-corrected chi connectivity index (χ3v) is 2.42. The molecule has 1 nitrogen and oxygen atoms in total. The van der Waals surface area contributed by atoms with Gasteiger partial charge in [-0.25, -0.2) is 0 Å². The van der Waals surface area contributed by atoms with Crippen LogP contribution in [0.2, 0.25) is 0 Å². The summed E-state index contributed by atoms with van der Waals surface area (Å²) in [4.78, 5) is 0. The van der Waals surface area contributed by atoms with E-state index in [1.54, 1.807) is 6.08 Å². The van der Waals surface area contributed by atoms with Crippen LogP contribution >= 0.6 is 0 Å². The highest BCUT2D eigenvalue weighted by Crippen LogP contribution is 2.25. The molecule has 1 aliphatic rings. The first-order chi connectivity index (χ1) is 5.33. The van der Waals surface area contributed by atoms with Crippen molar-refractivity contribution in [2.45, 2.75) is 39.0 Å². The summed E-state index contributed by atoms with van der Waals surface area (Å²) in [7, 11) is 0. The van der Waals surface area contributed by atoms with Gasteiger partial charge in [0.2, 0.25) is 0 Å². The SMILES string of the molecule is CC1CCC/C(=C\C#N)CC1. The Kier molecular flexibility index (Phi) is 3.16. The number of rotatable bonds is 0. The summed E-state index contributed by atoms with van der Waals surface area (Å²) in [6.45, 7) is 2.30. The molecule has 0 amide bonds. The second-order valence-electron chi connectivity index (χ2n) is 3.47. The lowest BCUT2D eigenvalue weighted by atomic mass is 10.0. The van der Waals surface area contributed by atoms with Crippen LogP contribution in [0.25, 0.3) is 0 Å². The van der Waals surface area contributed by atoms with E-state index in [9.17, 15) is 0 Å². The Labute approximate surface area is 68.7 Å². The van der Waals surface area contributed by atoms with Gasteiger partial charge in [0.15, 0.2) is 0 Å². The van der Waals surface area contributed by atoms with Gasteiger partial charge in [-0.05, 0) is 31.6 Å². The van der Waals surface area contributed by atoms with Crippen LogP contribution in [0, 0.1) is 17.2 Å². The van der Waals surface area contributed by atoms with E-state index < -0.39 is 0 Å². The van der Waals surface area contributed by atoms with E-state index in [4.69, 9.17) is 5.26 Å². The Morgan fingerprint density at radius 2 is 2.27 bits per heavy atom. The summed E-state index contributed by atoms with van der Waals surface area (Å²) in [6, 6.07) is 2.12. The van der Waals surface area contributed by atoms with Gasteiger partial charge in [-0.2, -0.15) is 5.26 Å². The summed E-state index contributed by atoms with van der Waals surface area (Å²) >= 11 is 0. The topological polar surface area (TPSA) is 23.8 Å². The molecule has 0 aliphatic heterocycles. The van der Waals surface area contributed by atoms with Crippen molar-refractivity contribution in [1.29, 1.82) is 5.26 Å². The summed E-state index contributed by atoms with van der Waals surface area (Å²) < 4.78 is 0. The maximum Gasteiger partial charge on any atom is 0.0911 e. The molecule has 60 valence electrons. The Balaban J connectivity index is 2.48. The molecule has 0 spiro atoms. The molecule has 0 radical (unpaired) electrons. The minimum atomic E-state index is 0.861. The molecule has 1 unspecified atom stereocenters. The Hall–Kier alpha value is -0.770. The van der Waals surface area contributed by atoms with E-state index in [1.165, 1.54) is 24.8 Å². The monoisotopic (exact) mass is 149 g/mol. The van der Waals surface area contributed by atoms with Gasteiger partial charge in [-0.1, -0.05) is 18.9 Å².